The molecule has 0 saturated heterocycles. The van der Waals surface area contributed by atoms with Gasteiger partial charge in [-0.15, -0.1) is 0 Å². The summed E-state index contributed by atoms with van der Waals surface area (Å²) < 4.78 is 0. The van der Waals surface area contributed by atoms with Crippen molar-refractivity contribution in [2.75, 3.05) is 5.32 Å². The van der Waals surface area contributed by atoms with Crippen LogP contribution in [0, 0.1) is 13.8 Å². The average Bonchev–Trinajstić information content (AvgIpc) is 2.43. The normalized spacial score (nSPS) is 10.8. The lowest BCUT2D eigenvalue weighted by atomic mass is 10.1. The molecule has 0 aliphatic carbocycles. The number of benzene rings is 2. The van der Waals surface area contributed by atoms with E-state index in [4.69, 9.17) is 11.6 Å². The Morgan fingerprint density at radius 2 is 1.85 bits per heavy atom. The maximum atomic E-state index is 6.00. The minimum Gasteiger partial charge on any atom is -0.339 e. The van der Waals surface area contributed by atoms with E-state index in [1.165, 1.54) is 11.1 Å². The van der Waals surface area contributed by atoms with E-state index in [1.807, 2.05) is 18.2 Å². The second kappa shape index (κ2) is 5.10. The van der Waals surface area contributed by atoms with Crippen LogP contribution in [-0.2, 0) is 0 Å². The zero-order chi connectivity index (χ0) is 14.1. The Morgan fingerprint density at radius 1 is 1.00 bits per heavy atom. The van der Waals surface area contributed by atoms with E-state index in [1.54, 1.807) is 6.33 Å². The molecule has 2 aromatic carbocycles. The lowest BCUT2D eigenvalue weighted by molar-refractivity contribution is 1.21. The molecule has 0 unspecified atom stereocenters. The summed E-state index contributed by atoms with van der Waals surface area (Å²) in [7, 11) is 0. The molecule has 0 bridgehead atoms. The van der Waals surface area contributed by atoms with Gasteiger partial charge >= 0.3 is 0 Å². The van der Waals surface area contributed by atoms with Crippen LogP contribution in [0.15, 0.2) is 42.7 Å². The minimum atomic E-state index is 0.675. The van der Waals surface area contributed by atoms with Crippen molar-refractivity contribution >= 4 is 34.0 Å². The third-order valence-electron chi connectivity index (χ3n) is 3.24. The summed E-state index contributed by atoms with van der Waals surface area (Å²) in [4.78, 5) is 8.59. The smallest absolute Gasteiger partial charge is 0.141 e. The van der Waals surface area contributed by atoms with Crippen LogP contribution < -0.4 is 5.32 Å². The van der Waals surface area contributed by atoms with Gasteiger partial charge in [0.2, 0.25) is 0 Å². The van der Waals surface area contributed by atoms with Crippen LogP contribution in [0.5, 0.6) is 0 Å². The van der Waals surface area contributed by atoms with Gasteiger partial charge in [-0.05, 0) is 49.2 Å². The molecule has 0 aliphatic rings. The monoisotopic (exact) mass is 283 g/mol. The maximum absolute atomic E-state index is 6.00. The van der Waals surface area contributed by atoms with Crippen LogP contribution in [0.3, 0.4) is 0 Å². The molecule has 0 atom stereocenters. The third kappa shape index (κ3) is 2.45. The van der Waals surface area contributed by atoms with Crippen molar-refractivity contribution in [2.24, 2.45) is 0 Å². The summed E-state index contributed by atoms with van der Waals surface area (Å²) in [5.41, 5.74) is 4.27. The zero-order valence-electron chi connectivity index (χ0n) is 11.3. The highest BCUT2D eigenvalue weighted by atomic mass is 35.5. The van der Waals surface area contributed by atoms with Gasteiger partial charge in [0.1, 0.15) is 12.1 Å². The summed E-state index contributed by atoms with van der Waals surface area (Å²) in [6, 6.07) is 11.9. The number of aromatic nitrogens is 2. The molecular formula is C16H14ClN3. The summed E-state index contributed by atoms with van der Waals surface area (Å²) in [5, 5.41) is 5.01. The van der Waals surface area contributed by atoms with Crippen LogP contribution in [0.2, 0.25) is 5.02 Å². The molecular weight excluding hydrogens is 270 g/mol. The fraction of sp³-hybridized carbons (Fsp3) is 0.125. The van der Waals surface area contributed by atoms with Crippen molar-refractivity contribution in [3.05, 3.63) is 58.9 Å². The Labute approximate surface area is 122 Å². The van der Waals surface area contributed by atoms with E-state index in [-0.39, 0.29) is 0 Å². The van der Waals surface area contributed by atoms with E-state index >= 15 is 0 Å². The first-order valence-electron chi connectivity index (χ1n) is 6.38. The molecule has 1 N–H and O–H groups in total. The van der Waals surface area contributed by atoms with Gasteiger partial charge < -0.3 is 5.32 Å². The van der Waals surface area contributed by atoms with Crippen molar-refractivity contribution < 1.29 is 0 Å². The summed E-state index contributed by atoms with van der Waals surface area (Å²) >= 11 is 6.00. The average molecular weight is 284 g/mol. The van der Waals surface area contributed by atoms with Crippen molar-refractivity contribution in [1.29, 1.82) is 0 Å². The number of aryl methyl sites for hydroxylation is 2. The number of nitrogens with one attached hydrogen (secondary N) is 1. The molecule has 0 fully saturated rings. The lowest BCUT2D eigenvalue weighted by Gasteiger charge is -2.11. The number of nitrogens with zero attached hydrogens (tertiary/aromatic N) is 2. The molecule has 3 rings (SSSR count). The number of fused-ring (bicyclic) bond motifs is 1. The van der Waals surface area contributed by atoms with Gasteiger partial charge in [-0.25, -0.2) is 9.97 Å². The predicted octanol–water partition coefficient (Wildman–Crippen LogP) is 4.64. The van der Waals surface area contributed by atoms with E-state index in [2.05, 4.69) is 47.3 Å². The van der Waals surface area contributed by atoms with Crippen LogP contribution in [0.25, 0.3) is 10.9 Å². The third-order valence-corrected chi connectivity index (χ3v) is 3.48. The van der Waals surface area contributed by atoms with Crippen LogP contribution in [0.1, 0.15) is 11.1 Å². The van der Waals surface area contributed by atoms with Gasteiger partial charge in [0.05, 0.1) is 5.52 Å². The first-order valence-corrected chi connectivity index (χ1v) is 6.76. The molecule has 1 aromatic heterocycles. The standard InChI is InChI=1S/C16H14ClN3/c1-10-3-4-11(2)14(7-10)20-16-13-6-5-12(17)8-15(13)18-9-19-16/h3-9H,1-2H3,(H,18,19,20). The van der Waals surface area contributed by atoms with E-state index < -0.39 is 0 Å². The molecule has 3 aromatic rings. The number of rotatable bonds is 2. The quantitative estimate of drug-likeness (QED) is 0.744. The first kappa shape index (κ1) is 12.9. The summed E-state index contributed by atoms with van der Waals surface area (Å²) in [6.45, 7) is 4.14. The molecule has 0 radical (unpaired) electrons. The Bertz CT molecular complexity index is 784. The lowest BCUT2D eigenvalue weighted by Crippen LogP contribution is -1.98. The van der Waals surface area contributed by atoms with E-state index in [0.717, 1.165) is 22.4 Å². The number of halogens is 1. The number of hydrogen-bond donors (Lipinski definition) is 1. The van der Waals surface area contributed by atoms with Gasteiger partial charge in [-0.1, -0.05) is 23.7 Å². The molecule has 0 spiro atoms. The second-order valence-corrected chi connectivity index (χ2v) is 5.26. The second-order valence-electron chi connectivity index (χ2n) is 4.83. The van der Waals surface area contributed by atoms with Gasteiger partial charge in [-0.3, -0.25) is 0 Å². The molecule has 1 heterocycles. The highest BCUT2D eigenvalue weighted by Gasteiger charge is 2.06. The van der Waals surface area contributed by atoms with Crippen LogP contribution in [0.4, 0.5) is 11.5 Å². The molecule has 0 saturated carbocycles. The Balaban J connectivity index is 2.09. The van der Waals surface area contributed by atoms with Gasteiger partial charge in [0.15, 0.2) is 0 Å². The van der Waals surface area contributed by atoms with Crippen molar-refractivity contribution in [2.45, 2.75) is 13.8 Å². The Kier molecular flexibility index (Phi) is 3.28. The molecule has 3 nitrogen and oxygen atoms in total. The maximum Gasteiger partial charge on any atom is 0.141 e. The highest BCUT2D eigenvalue weighted by molar-refractivity contribution is 6.31. The largest absolute Gasteiger partial charge is 0.339 e. The Morgan fingerprint density at radius 3 is 2.70 bits per heavy atom. The van der Waals surface area contributed by atoms with Crippen LogP contribution >= 0.6 is 11.6 Å². The van der Waals surface area contributed by atoms with Crippen molar-refractivity contribution in [1.82, 2.24) is 9.97 Å². The molecule has 0 amide bonds. The molecule has 20 heavy (non-hydrogen) atoms. The summed E-state index contributed by atoms with van der Waals surface area (Å²) in [6.07, 6.45) is 1.55. The Hall–Kier alpha value is -2.13. The summed E-state index contributed by atoms with van der Waals surface area (Å²) in [5.74, 6) is 0.792. The SMILES string of the molecule is Cc1ccc(C)c(Nc2ncnc3cc(Cl)ccc23)c1. The zero-order valence-corrected chi connectivity index (χ0v) is 12.1. The predicted molar refractivity (Wildman–Crippen MR) is 83.7 cm³/mol. The highest BCUT2D eigenvalue weighted by Crippen LogP contribution is 2.27. The van der Waals surface area contributed by atoms with Gasteiger partial charge in [0, 0.05) is 16.1 Å². The minimum absolute atomic E-state index is 0.675. The van der Waals surface area contributed by atoms with E-state index in [0.29, 0.717) is 5.02 Å². The van der Waals surface area contributed by atoms with Crippen molar-refractivity contribution in [3.63, 3.8) is 0 Å². The van der Waals surface area contributed by atoms with Crippen molar-refractivity contribution in [3.8, 4) is 0 Å². The van der Waals surface area contributed by atoms with Crippen LogP contribution in [-0.4, -0.2) is 9.97 Å². The first-order chi connectivity index (χ1) is 9.63. The van der Waals surface area contributed by atoms with Gasteiger partial charge in [0.25, 0.3) is 0 Å². The number of hydrogen-bond acceptors (Lipinski definition) is 3. The molecule has 4 heteroatoms. The molecule has 100 valence electrons. The fourth-order valence-corrected chi connectivity index (χ4v) is 2.29. The van der Waals surface area contributed by atoms with E-state index in [9.17, 15) is 0 Å². The number of anilines is 2. The topological polar surface area (TPSA) is 37.8 Å². The van der Waals surface area contributed by atoms with Gasteiger partial charge in [-0.2, -0.15) is 0 Å². The fourth-order valence-electron chi connectivity index (χ4n) is 2.13. The molecule has 0 aliphatic heterocycles.